The minimum Gasteiger partial charge on any atom is -0.357 e. The smallest absolute Gasteiger partial charge is 0.345 e. The predicted molar refractivity (Wildman–Crippen MR) is 64.0 cm³/mol. The van der Waals surface area contributed by atoms with E-state index in [-0.39, 0.29) is 5.00 Å². The van der Waals surface area contributed by atoms with E-state index in [0.29, 0.717) is 11.7 Å². The fourth-order valence-corrected chi connectivity index (χ4v) is 1.95. The van der Waals surface area contributed by atoms with Crippen molar-refractivity contribution in [1.29, 1.82) is 0 Å². The SMILES string of the molecule is Cc1c(CNc2ncc([N+](=O)[O-])s2)cnn1C. The third-order valence-corrected chi connectivity index (χ3v) is 3.35. The molecule has 8 heteroatoms. The van der Waals surface area contributed by atoms with Gasteiger partial charge in [-0.25, -0.2) is 4.98 Å². The van der Waals surface area contributed by atoms with Gasteiger partial charge >= 0.3 is 5.00 Å². The first kappa shape index (κ1) is 11.5. The third-order valence-electron chi connectivity index (χ3n) is 2.44. The summed E-state index contributed by atoms with van der Waals surface area (Å²) >= 11 is 1.02. The van der Waals surface area contributed by atoms with E-state index in [0.717, 1.165) is 22.6 Å². The van der Waals surface area contributed by atoms with E-state index < -0.39 is 4.92 Å². The average Bonchev–Trinajstić information content (AvgIpc) is 2.86. The average molecular weight is 253 g/mol. The van der Waals surface area contributed by atoms with Crippen LogP contribution in [0.15, 0.2) is 12.4 Å². The molecule has 0 amide bonds. The lowest BCUT2D eigenvalue weighted by atomic mass is 10.2. The summed E-state index contributed by atoms with van der Waals surface area (Å²) in [7, 11) is 1.87. The highest BCUT2D eigenvalue weighted by atomic mass is 32.1. The van der Waals surface area contributed by atoms with Crippen LogP contribution in [0.25, 0.3) is 0 Å². The highest BCUT2D eigenvalue weighted by Crippen LogP contribution is 2.25. The van der Waals surface area contributed by atoms with Gasteiger partial charge in [0.05, 0.1) is 11.1 Å². The van der Waals surface area contributed by atoms with Gasteiger partial charge in [0.1, 0.15) is 6.20 Å². The number of nitrogens with one attached hydrogen (secondary N) is 1. The molecule has 90 valence electrons. The van der Waals surface area contributed by atoms with Crippen molar-refractivity contribution in [1.82, 2.24) is 14.8 Å². The van der Waals surface area contributed by atoms with Gasteiger partial charge < -0.3 is 5.32 Å². The first-order valence-electron chi connectivity index (χ1n) is 4.89. The lowest BCUT2D eigenvalue weighted by Crippen LogP contribution is -2.00. The van der Waals surface area contributed by atoms with Gasteiger partial charge in [0.2, 0.25) is 0 Å². The van der Waals surface area contributed by atoms with E-state index in [9.17, 15) is 10.1 Å². The van der Waals surface area contributed by atoms with Crippen molar-refractivity contribution in [2.45, 2.75) is 13.5 Å². The number of thiazole rings is 1. The maximum absolute atomic E-state index is 10.5. The van der Waals surface area contributed by atoms with Crippen molar-refractivity contribution in [3.63, 3.8) is 0 Å². The quantitative estimate of drug-likeness (QED) is 0.662. The Balaban J connectivity index is 2.02. The molecule has 2 heterocycles. The molecular formula is C9H11N5O2S. The first-order chi connectivity index (χ1) is 8.08. The summed E-state index contributed by atoms with van der Waals surface area (Å²) in [6.45, 7) is 2.53. The van der Waals surface area contributed by atoms with E-state index in [1.165, 1.54) is 6.20 Å². The highest BCUT2D eigenvalue weighted by molar-refractivity contribution is 7.18. The van der Waals surface area contributed by atoms with Crippen LogP contribution in [0.3, 0.4) is 0 Å². The topological polar surface area (TPSA) is 85.9 Å². The normalized spacial score (nSPS) is 10.5. The minimum absolute atomic E-state index is 0.0374. The van der Waals surface area contributed by atoms with E-state index in [1.807, 2.05) is 14.0 Å². The number of nitro groups is 1. The molecule has 0 aliphatic rings. The second-order valence-corrected chi connectivity index (χ2v) is 4.50. The molecule has 0 saturated carbocycles. The van der Waals surface area contributed by atoms with E-state index in [4.69, 9.17) is 0 Å². The number of hydrogen-bond donors (Lipinski definition) is 1. The standard InChI is InChI=1S/C9H11N5O2S/c1-6-7(4-12-13(6)2)3-10-9-11-5-8(17-9)14(15)16/h4-5H,3H2,1-2H3,(H,10,11). The van der Waals surface area contributed by atoms with Gasteiger partial charge in [0.15, 0.2) is 5.13 Å². The van der Waals surface area contributed by atoms with Gasteiger partial charge in [0.25, 0.3) is 0 Å². The number of aromatic nitrogens is 3. The molecule has 2 rings (SSSR count). The van der Waals surface area contributed by atoms with Crippen LogP contribution in [-0.4, -0.2) is 19.7 Å². The van der Waals surface area contributed by atoms with Crippen LogP contribution in [0, 0.1) is 17.0 Å². The molecule has 0 bridgehead atoms. The Morgan fingerprint density at radius 3 is 2.88 bits per heavy atom. The van der Waals surface area contributed by atoms with Gasteiger partial charge in [-0.15, -0.1) is 0 Å². The second-order valence-electron chi connectivity index (χ2n) is 3.49. The Bertz CT molecular complexity index is 547. The number of aryl methyl sites for hydroxylation is 1. The Kier molecular flexibility index (Phi) is 3.05. The fraction of sp³-hybridized carbons (Fsp3) is 0.333. The van der Waals surface area contributed by atoms with Crippen molar-refractivity contribution in [3.05, 3.63) is 33.8 Å². The maximum atomic E-state index is 10.5. The van der Waals surface area contributed by atoms with Crippen LogP contribution >= 0.6 is 11.3 Å². The van der Waals surface area contributed by atoms with Crippen LogP contribution in [0.5, 0.6) is 0 Å². The van der Waals surface area contributed by atoms with Crippen molar-refractivity contribution in [3.8, 4) is 0 Å². The summed E-state index contributed by atoms with van der Waals surface area (Å²) in [5.41, 5.74) is 2.11. The zero-order valence-corrected chi connectivity index (χ0v) is 10.2. The molecule has 7 nitrogen and oxygen atoms in total. The Labute approximate surface area is 101 Å². The molecule has 17 heavy (non-hydrogen) atoms. The molecule has 0 radical (unpaired) electrons. The Hall–Kier alpha value is -1.96. The molecule has 1 N–H and O–H groups in total. The zero-order valence-electron chi connectivity index (χ0n) is 9.38. The molecule has 0 aliphatic heterocycles. The molecule has 0 atom stereocenters. The molecular weight excluding hydrogens is 242 g/mol. The lowest BCUT2D eigenvalue weighted by Gasteiger charge is -2.01. The molecule has 0 spiro atoms. The van der Waals surface area contributed by atoms with Gasteiger partial charge in [-0.2, -0.15) is 5.10 Å². The number of nitrogens with zero attached hydrogens (tertiary/aromatic N) is 4. The molecule has 0 unspecified atom stereocenters. The van der Waals surface area contributed by atoms with Crippen LogP contribution in [-0.2, 0) is 13.6 Å². The minimum atomic E-state index is -0.446. The van der Waals surface area contributed by atoms with Gasteiger partial charge in [-0.3, -0.25) is 14.8 Å². The summed E-state index contributed by atoms with van der Waals surface area (Å²) in [6, 6.07) is 0. The highest BCUT2D eigenvalue weighted by Gasteiger charge is 2.11. The monoisotopic (exact) mass is 253 g/mol. The Morgan fingerprint density at radius 1 is 1.59 bits per heavy atom. The van der Waals surface area contributed by atoms with Crippen LogP contribution in [0.1, 0.15) is 11.3 Å². The summed E-state index contributed by atoms with van der Waals surface area (Å²) in [5, 5.41) is 18.2. The number of anilines is 1. The molecule has 0 fully saturated rings. The summed E-state index contributed by atoms with van der Waals surface area (Å²) in [5.74, 6) is 0. The predicted octanol–water partition coefficient (Wildman–Crippen LogP) is 1.71. The molecule has 0 aromatic carbocycles. The van der Waals surface area contributed by atoms with Crippen molar-refractivity contribution in [2.75, 3.05) is 5.32 Å². The molecule has 0 saturated heterocycles. The van der Waals surface area contributed by atoms with Crippen LogP contribution in [0.2, 0.25) is 0 Å². The Morgan fingerprint density at radius 2 is 2.35 bits per heavy atom. The summed E-state index contributed by atoms with van der Waals surface area (Å²) in [6.07, 6.45) is 3.02. The van der Waals surface area contributed by atoms with Crippen LogP contribution in [0.4, 0.5) is 10.1 Å². The van der Waals surface area contributed by atoms with Gasteiger partial charge in [-0.1, -0.05) is 0 Å². The number of hydrogen-bond acceptors (Lipinski definition) is 6. The van der Waals surface area contributed by atoms with E-state index in [1.54, 1.807) is 10.9 Å². The largest absolute Gasteiger partial charge is 0.357 e. The molecule has 0 aliphatic carbocycles. The number of rotatable bonds is 4. The zero-order chi connectivity index (χ0) is 12.4. The molecule has 2 aromatic heterocycles. The first-order valence-corrected chi connectivity index (χ1v) is 5.71. The van der Waals surface area contributed by atoms with E-state index in [2.05, 4.69) is 15.4 Å². The van der Waals surface area contributed by atoms with Gasteiger partial charge in [-0.05, 0) is 18.3 Å². The fourth-order valence-electron chi connectivity index (χ4n) is 1.32. The van der Waals surface area contributed by atoms with Gasteiger partial charge in [0, 0.05) is 24.8 Å². The van der Waals surface area contributed by atoms with Crippen molar-refractivity contribution < 1.29 is 4.92 Å². The maximum Gasteiger partial charge on any atom is 0.345 e. The van der Waals surface area contributed by atoms with Crippen molar-refractivity contribution >= 4 is 21.5 Å². The van der Waals surface area contributed by atoms with Crippen molar-refractivity contribution in [2.24, 2.45) is 7.05 Å². The third kappa shape index (κ3) is 2.41. The van der Waals surface area contributed by atoms with E-state index >= 15 is 0 Å². The molecule has 2 aromatic rings. The second kappa shape index (κ2) is 4.50. The van der Waals surface area contributed by atoms with Crippen LogP contribution < -0.4 is 5.32 Å². The summed E-state index contributed by atoms with van der Waals surface area (Å²) in [4.78, 5) is 14.0. The summed E-state index contributed by atoms with van der Waals surface area (Å²) < 4.78 is 1.78. The lowest BCUT2D eigenvalue weighted by molar-refractivity contribution is -0.380.